The number of nitrogens with one attached hydrogen (secondary N) is 1. The Balaban J connectivity index is 1.45. The molecule has 1 spiro atoms. The number of benzene rings is 1. The standard InChI is InChI=1S/C21H25FN2O3/c1-2-19(25)24-10-6-14(7-11-24)20(26)23-17-13-21(8-3-9-21)27-18-5-4-15(22)12-16(17)18/h2,4-5,12,14,17H,1,3,6-11,13H2,(H,23,26)/t17-/m1/s1. The molecule has 0 aromatic heterocycles. The number of hydrogen-bond donors (Lipinski definition) is 1. The quantitative estimate of drug-likeness (QED) is 0.830. The molecule has 2 amide bonds. The van der Waals surface area contributed by atoms with E-state index >= 15 is 0 Å². The van der Waals surface area contributed by atoms with E-state index in [9.17, 15) is 14.0 Å². The largest absolute Gasteiger partial charge is 0.487 e. The van der Waals surface area contributed by atoms with E-state index in [1.165, 1.54) is 18.2 Å². The molecular weight excluding hydrogens is 347 g/mol. The molecule has 6 heteroatoms. The van der Waals surface area contributed by atoms with Gasteiger partial charge in [-0.1, -0.05) is 6.58 Å². The number of rotatable bonds is 3. The van der Waals surface area contributed by atoms with Crippen LogP contribution in [0.4, 0.5) is 4.39 Å². The first-order chi connectivity index (χ1) is 13.0. The highest BCUT2D eigenvalue weighted by Gasteiger charge is 2.46. The van der Waals surface area contributed by atoms with Gasteiger partial charge in [0.05, 0.1) is 6.04 Å². The van der Waals surface area contributed by atoms with E-state index in [0.29, 0.717) is 38.1 Å². The molecule has 1 aromatic rings. The molecule has 4 rings (SSSR count). The Morgan fingerprint density at radius 3 is 2.67 bits per heavy atom. The summed E-state index contributed by atoms with van der Waals surface area (Å²) in [6.07, 6.45) is 6.32. The second kappa shape index (κ2) is 6.98. The van der Waals surface area contributed by atoms with Crippen LogP contribution in [0.5, 0.6) is 5.75 Å². The number of carbonyl (C=O) groups is 2. The van der Waals surface area contributed by atoms with Gasteiger partial charge in [-0.15, -0.1) is 0 Å². The third-order valence-corrected chi connectivity index (χ3v) is 6.18. The summed E-state index contributed by atoms with van der Waals surface area (Å²) in [5.41, 5.74) is 0.503. The van der Waals surface area contributed by atoms with Crippen LogP contribution in [0.1, 0.15) is 50.1 Å². The van der Waals surface area contributed by atoms with Crippen LogP contribution < -0.4 is 10.1 Å². The SMILES string of the molecule is C=CC(=O)N1CCC(C(=O)N[C@@H]2CC3(CCC3)Oc3ccc(F)cc32)CC1. The minimum atomic E-state index is -0.322. The monoisotopic (exact) mass is 372 g/mol. The van der Waals surface area contributed by atoms with Crippen molar-refractivity contribution in [3.8, 4) is 5.75 Å². The Kier molecular flexibility index (Phi) is 4.66. The van der Waals surface area contributed by atoms with Gasteiger partial charge in [0.2, 0.25) is 11.8 Å². The third-order valence-electron chi connectivity index (χ3n) is 6.18. The second-order valence-electron chi connectivity index (χ2n) is 7.89. The average molecular weight is 372 g/mol. The molecule has 144 valence electrons. The van der Waals surface area contributed by atoms with E-state index < -0.39 is 0 Å². The van der Waals surface area contributed by atoms with Gasteiger partial charge < -0.3 is 15.0 Å². The van der Waals surface area contributed by atoms with Gasteiger partial charge in [0.25, 0.3) is 0 Å². The number of carbonyl (C=O) groups excluding carboxylic acids is 2. The zero-order valence-electron chi connectivity index (χ0n) is 15.4. The zero-order valence-corrected chi connectivity index (χ0v) is 15.4. The maximum atomic E-state index is 13.8. The van der Waals surface area contributed by atoms with Crippen molar-refractivity contribution in [2.24, 2.45) is 5.92 Å². The summed E-state index contributed by atoms with van der Waals surface area (Å²) in [4.78, 5) is 26.3. The normalized spacial score (nSPS) is 23.7. The van der Waals surface area contributed by atoms with Gasteiger partial charge in [-0.2, -0.15) is 0 Å². The molecule has 5 nitrogen and oxygen atoms in total. The summed E-state index contributed by atoms with van der Waals surface area (Å²) in [5.74, 6) is 0.124. The molecule has 2 aliphatic heterocycles. The van der Waals surface area contributed by atoms with E-state index in [1.807, 2.05) is 0 Å². The molecule has 1 saturated carbocycles. The molecule has 1 saturated heterocycles. The first-order valence-corrected chi connectivity index (χ1v) is 9.70. The molecule has 1 atom stereocenters. The Morgan fingerprint density at radius 1 is 1.30 bits per heavy atom. The summed E-state index contributed by atoms with van der Waals surface area (Å²) >= 11 is 0. The lowest BCUT2D eigenvalue weighted by atomic mass is 9.73. The van der Waals surface area contributed by atoms with Crippen LogP contribution in [0.15, 0.2) is 30.9 Å². The lowest BCUT2D eigenvalue weighted by molar-refractivity contribution is -0.133. The lowest BCUT2D eigenvalue weighted by Gasteiger charge is -2.48. The van der Waals surface area contributed by atoms with Crippen LogP contribution in [0, 0.1) is 11.7 Å². The number of likely N-dealkylation sites (tertiary alicyclic amines) is 1. The van der Waals surface area contributed by atoms with E-state index in [1.54, 1.807) is 11.0 Å². The van der Waals surface area contributed by atoms with Crippen molar-refractivity contribution in [1.82, 2.24) is 10.2 Å². The smallest absolute Gasteiger partial charge is 0.245 e. The Hall–Kier alpha value is -2.37. The topological polar surface area (TPSA) is 58.6 Å². The summed E-state index contributed by atoms with van der Waals surface area (Å²) in [5, 5.41) is 3.14. The zero-order chi connectivity index (χ0) is 19.0. The first kappa shape index (κ1) is 18.0. The van der Waals surface area contributed by atoms with E-state index in [2.05, 4.69) is 11.9 Å². The Labute approximate surface area is 158 Å². The number of amides is 2. The molecule has 1 aliphatic carbocycles. The number of halogens is 1. The molecule has 27 heavy (non-hydrogen) atoms. The predicted molar refractivity (Wildman–Crippen MR) is 98.6 cm³/mol. The van der Waals surface area contributed by atoms with Crippen LogP contribution in [-0.4, -0.2) is 35.4 Å². The van der Waals surface area contributed by atoms with Crippen molar-refractivity contribution >= 4 is 11.8 Å². The number of fused-ring (bicyclic) bond motifs is 1. The highest BCUT2D eigenvalue weighted by Crippen LogP contribution is 2.49. The van der Waals surface area contributed by atoms with Gasteiger partial charge in [-0.3, -0.25) is 9.59 Å². The highest BCUT2D eigenvalue weighted by molar-refractivity contribution is 5.87. The van der Waals surface area contributed by atoms with Crippen molar-refractivity contribution in [2.45, 2.75) is 50.2 Å². The maximum Gasteiger partial charge on any atom is 0.245 e. The van der Waals surface area contributed by atoms with Crippen LogP contribution in [-0.2, 0) is 9.59 Å². The molecule has 0 radical (unpaired) electrons. The summed E-state index contributed by atoms with van der Waals surface area (Å²) in [6.45, 7) is 4.63. The van der Waals surface area contributed by atoms with Crippen molar-refractivity contribution in [3.63, 3.8) is 0 Å². The molecule has 1 N–H and O–H groups in total. The molecule has 1 aromatic carbocycles. The average Bonchev–Trinajstić information content (AvgIpc) is 2.66. The van der Waals surface area contributed by atoms with Crippen molar-refractivity contribution in [1.29, 1.82) is 0 Å². The molecular formula is C21H25FN2O3. The molecule has 2 fully saturated rings. The fourth-order valence-electron chi connectivity index (χ4n) is 4.43. The minimum Gasteiger partial charge on any atom is -0.487 e. The summed E-state index contributed by atoms with van der Waals surface area (Å²) in [7, 11) is 0. The van der Waals surface area contributed by atoms with Crippen molar-refractivity contribution in [3.05, 3.63) is 42.2 Å². The summed E-state index contributed by atoms with van der Waals surface area (Å²) in [6, 6.07) is 4.31. The molecule has 0 bridgehead atoms. The molecule has 0 unspecified atom stereocenters. The van der Waals surface area contributed by atoms with Gasteiger partial charge in [0.1, 0.15) is 17.2 Å². The van der Waals surface area contributed by atoms with E-state index in [-0.39, 0.29) is 35.2 Å². The van der Waals surface area contributed by atoms with Gasteiger partial charge >= 0.3 is 0 Å². The Morgan fingerprint density at radius 2 is 2.04 bits per heavy atom. The lowest BCUT2D eigenvalue weighted by Crippen LogP contribution is -2.51. The fourth-order valence-corrected chi connectivity index (χ4v) is 4.43. The van der Waals surface area contributed by atoms with Crippen molar-refractivity contribution in [2.75, 3.05) is 13.1 Å². The third kappa shape index (κ3) is 3.45. The van der Waals surface area contributed by atoms with Gasteiger partial charge in [0, 0.05) is 31.0 Å². The summed E-state index contributed by atoms with van der Waals surface area (Å²) < 4.78 is 19.9. The first-order valence-electron chi connectivity index (χ1n) is 9.70. The number of hydrogen-bond acceptors (Lipinski definition) is 3. The molecule has 2 heterocycles. The fraction of sp³-hybridized carbons (Fsp3) is 0.524. The van der Waals surface area contributed by atoms with Gasteiger partial charge in [0.15, 0.2) is 0 Å². The van der Waals surface area contributed by atoms with Crippen molar-refractivity contribution < 1.29 is 18.7 Å². The minimum absolute atomic E-state index is 0.0164. The van der Waals surface area contributed by atoms with Crippen LogP contribution in [0.25, 0.3) is 0 Å². The van der Waals surface area contributed by atoms with E-state index in [4.69, 9.17) is 4.74 Å². The molecule has 3 aliphatic rings. The van der Waals surface area contributed by atoms with Crippen LogP contribution in [0.3, 0.4) is 0 Å². The van der Waals surface area contributed by atoms with Crippen LogP contribution >= 0.6 is 0 Å². The van der Waals surface area contributed by atoms with Gasteiger partial charge in [-0.25, -0.2) is 4.39 Å². The number of piperidine rings is 1. The van der Waals surface area contributed by atoms with Gasteiger partial charge in [-0.05, 0) is 56.4 Å². The second-order valence-corrected chi connectivity index (χ2v) is 7.89. The number of nitrogens with zero attached hydrogens (tertiary/aromatic N) is 1. The predicted octanol–water partition coefficient (Wildman–Crippen LogP) is 3.11. The van der Waals surface area contributed by atoms with Crippen LogP contribution in [0.2, 0.25) is 0 Å². The maximum absolute atomic E-state index is 13.8. The highest BCUT2D eigenvalue weighted by atomic mass is 19.1. The number of ether oxygens (including phenoxy) is 1. The van der Waals surface area contributed by atoms with E-state index in [0.717, 1.165) is 24.8 Å². The Bertz CT molecular complexity index is 767.